The van der Waals surface area contributed by atoms with Crippen LogP contribution in [0.5, 0.6) is 0 Å². The minimum Gasteiger partial charge on any atom is -0.332 e. The summed E-state index contributed by atoms with van der Waals surface area (Å²) in [4.78, 5) is 15.0. The van der Waals surface area contributed by atoms with E-state index in [1.807, 2.05) is 49.1 Å². The molecule has 0 radical (unpaired) electrons. The zero-order chi connectivity index (χ0) is 16.1. The Bertz CT molecular complexity index is 749. The molecule has 5 heteroatoms. The Morgan fingerprint density at radius 2 is 2.04 bits per heavy atom. The number of likely N-dealkylation sites (tertiary alicyclic amines) is 1. The molecular formula is C18H22N4O. The largest absolute Gasteiger partial charge is 0.332 e. The van der Waals surface area contributed by atoms with Crippen molar-refractivity contribution in [3.63, 3.8) is 0 Å². The number of carbonyl (C=O) groups excluding carboxylic acids is 1. The van der Waals surface area contributed by atoms with Gasteiger partial charge in [0, 0.05) is 19.1 Å². The number of rotatable bonds is 3. The van der Waals surface area contributed by atoms with Crippen LogP contribution < -0.4 is 5.73 Å². The topological polar surface area (TPSA) is 64.2 Å². The van der Waals surface area contributed by atoms with Crippen LogP contribution in [0.1, 0.15) is 28.2 Å². The normalized spacial score (nSPS) is 25.5. The van der Waals surface area contributed by atoms with Gasteiger partial charge in [-0.1, -0.05) is 17.7 Å². The monoisotopic (exact) mass is 310 g/mol. The van der Waals surface area contributed by atoms with Gasteiger partial charge in [-0.3, -0.25) is 4.79 Å². The summed E-state index contributed by atoms with van der Waals surface area (Å²) in [6.07, 6.45) is 1.22. The van der Waals surface area contributed by atoms with Crippen molar-refractivity contribution in [3.8, 4) is 5.69 Å². The van der Waals surface area contributed by atoms with E-state index < -0.39 is 0 Å². The molecule has 2 fully saturated rings. The number of carbonyl (C=O) groups is 1. The summed E-state index contributed by atoms with van der Waals surface area (Å²) >= 11 is 0. The second-order valence-corrected chi connectivity index (χ2v) is 6.84. The lowest BCUT2D eigenvalue weighted by Gasteiger charge is -2.26. The zero-order valence-corrected chi connectivity index (χ0v) is 13.6. The molecule has 1 aliphatic heterocycles. The van der Waals surface area contributed by atoms with Crippen LogP contribution in [0.4, 0.5) is 0 Å². The fraction of sp³-hybridized carbons (Fsp3) is 0.444. The first kappa shape index (κ1) is 14.5. The van der Waals surface area contributed by atoms with Crippen LogP contribution in [0.25, 0.3) is 5.69 Å². The predicted molar refractivity (Wildman–Crippen MR) is 88.5 cm³/mol. The molecule has 0 spiro atoms. The van der Waals surface area contributed by atoms with E-state index in [9.17, 15) is 4.79 Å². The summed E-state index contributed by atoms with van der Waals surface area (Å²) in [5.41, 5.74) is 9.50. The smallest absolute Gasteiger partial charge is 0.272 e. The number of benzene rings is 1. The molecule has 1 aromatic heterocycles. The van der Waals surface area contributed by atoms with Gasteiger partial charge in [-0.25, -0.2) is 4.68 Å². The first-order valence-electron chi connectivity index (χ1n) is 8.23. The molecule has 2 heterocycles. The molecule has 1 aromatic carbocycles. The van der Waals surface area contributed by atoms with Crippen molar-refractivity contribution in [2.75, 3.05) is 13.1 Å². The van der Waals surface area contributed by atoms with Gasteiger partial charge < -0.3 is 10.6 Å². The van der Waals surface area contributed by atoms with Gasteiger partial charge in [0.05, 0.1) is 11.4 Å². The Morgan fingerprint density at radius 1 is 1.30 bits per heavy atom. The average molecular weight is 310 g/mol. The van der Waals surface area contributed by atoms with E-state index in [0.29, 0.717) is 24.1 Å². The number of hydrogen-bond donors (Lipinski definition) is 1. The Morgan fingerprint density at radius 3 is 2.74 bits per heavy atom. The number of fused-ring (bicyclic) bond motifs is 1. The number of aryl methyl sites for hydroxylation is 2. The van der Waals surface area contributed by atoms with Crippen LogP contribution in [0, 0.1) is 25.7 Å². The minimum absolute atomic E-state index is 0.0498. The van der Waals surface area contributed by atoms with Gasteiger partial charge in [-0.05, 0) is 50.3 Å². The predicted octanol–water partition coefficient (Wildman–Crippen LogP) is 1.91. The molecule has 1 aliphatic carbocycles. The lowest BCUT2D eigenvalue weighted by atomic mass is 10.1. The van der Waals surface area contributed by atoms with E-state index in [-0.39, 0.29) is 11.9 Å². The van der Waals surface area contributed by atoms with Crippen molar-refractivity contribution in [2.45, 2.75) is 26.3 Å². The standard InChI is InChI=1S/C18H22N4O/c1-11-3-5-14(6-4-11)22-16(7-12(2)20-22)18(23)21-10-13-8-15(13)17(21)9-19/h3-7,13,15,17H,8-10,19H2,1-2H3/t13-,15-,17+/m0/s1. The van der Waals surface area contributed by atoms with Crippen LogP contribution in [0.15, 0.2) is 30.3 Å². The molecule has 2 aromatic rings. The Kier molecular flexibility index (Phi) is 3.27. The first-order valence-corrected chi connectivity index (χ1v) is 8.23. The summed E-state index contributed by atoms with van der Waals surface area (Å²) in [7, 11) is 0. The molecule has 2 aliphatic rings. The van der Waals surface area contributed by atoms with E-state index in [2.05, 4.69) is 5.10 Å². The molecule has 4 rings (SSSR count). The van der Waals surface area contributed by atoms with Crippen LogP contribution in [-0.2, 0) is 0 Å². The molecule has 1 saturated carbocycles. The van der Waals surface area contributed by atoms with Gasteiger partial charge in [0.25, 0.3) is 5.91 Å². The van der Waals surface area contributed by atoms with Gasteiger partial charge in [0.1, 0.15) is 5.69 Å². The minimum atomic E-state index is 0.0498. The summed E-state index contributed by atoms with van der Waals surface area (Å²) in [5, 5.41) is 4.52. The number of aromatic nitrogens is 2. The van der Waals surface area contributed by atoms with Gasteiger partial charge in [0.2, 0.25) is 0 Å². The zero-order valence-electron chi connectivity index (χ0n) is 13.6. The van der Waals surface area contributed by atoms with Gasteiger partial charge in [0.15, 0.2) is 0 Å². The highest BCUT2D eigenvalue weighted by molar-refractivity contribution is 5.94. The third-order valence-corrected chi connectivity index (χ3v) is 5.13. The van der Waals surface area contributed by atoms with Crippen molar-refractivity contribution in [1.82, 2.24) is 14.7 Å². The third-order valence-electron chi connectivity index (χ3n) is 5.13. The highest BCUT2D eigenvalue weighted by Gasteiger charge is 2.53. The number of amides is 1. The number of piperidine rings is 1. The summed E-state index contributed by atoms with van der Waals surface area (Å²) in [6.45, 7) is 5.35. The van der Waals surface area contributed by atoms with Crippen molar-refractivity contribution in [2.24, 2.45) is 17.6 Å². The number of nitrogens with two attached hydrogens (primary N) is 1. The summed E-state index contributed by atoms with van der Waals surface area (Å²) in [6, 6.07) is 10.1. The van der Waals surface area contributed by atoms with Crippen molar-refractivity contribution in [1.29, 1.82) is 0 Å². The molecule has 0 unspecified atom stereocenters. The second kappa shape index (κ2) is 5.20. The molecule has 0 bridgehead atoms. The lowest BCUT2D eigenvalue weighted by Crippen LogP contribution is -2.43. The number of hydrogen-bond acceptors (Lipinski definition) is 3. The van der Waals surface area contributed by atoms with Crippen molar-refractivity contribution >= 4 is 5.91 Å². The first-order chi connectivity index (χ1) is 11.1. The molecule has 3 atom stereocenters. The molecule has 1 amide bonds. The maximum atomic E-state index is 13.1. The molecule has 2 N–H and O–H groups in total. The summed E-state index contributed by atoms with van der Waals surface area (Å²) in [5.74, 6) is 1.32. The average Bonchev–Trinajstić information content (AvgIpc) is 3.04. The SMILES string of the molecule is Cc1ccc(-n2nc(C)cc2C(=O)N2C[C@@H]3C[C@@H]3[C@H]2CN)cc1. The fourth-order valence-electron chi connectivity index (χ4n) is 3.79. The van der Waals surface area contributed by atoms with Crippen LogP contribution in [0.2, 0.25) is 0 Å². The van der Waals surface area contributed by atoms with Gasteiger partial charge in [-0.2, -0.15) is 5.10 Å². The van der Waals surface area contributed by atoms with E-state index in [1.54, 1.807) is 4.68 Å². The third kappa shape index (κ3) is 2.36. The second-order valence-electron chi connectivity index (χ2n) is 6.84. The Labute approximate surface area is 136 Å². The molecular weight excluding hydrogens is 288 g/mol. The Balaban J connectivity index is 1.69. The van der Waals surface area contributed by atoms with Crippen molar-refractivity contribution in [3.05, 3.63) is 47.3 Å². The molecule has 23 heavy (non-hydrogen) atoms. The van der Waals surface area contributed by atoms with Gasteiger partial charge in [-0.15, -0.1) is 0 Å². The highest BCUT2D eigenvalue weighted by Crippen LogP contribution is 2.49. The molecule has 1 saturated heterocycles. The summed E-state index contributed by atoms with van der Waals surface area (Å²) < 4.78 is 1.76. The molecule has 120 valence electrons. The fourth-order valence-corrected chi connectivity index (χ4v) is 3.79. The van der Waals surface area contributed by atoms with Crippen LogP contribution in [0.3, 0.4) is 0 Å². The maximum Gasteiger partial charge on any atom is 0.272 e. The van der Waals surface area contributed by atoms with E-state index in [0.717, 1.165) is 17.9 Å². The van der Waals surface area contributed by atoms with E-state index >= 15 is 0 Å². The molecule has 5 nitrogen and oxygen atoms in total. The van der Waals surface area contributed by atoms with Gasteiger partial charge >= 0.3 is 0 Å². The maximum absolute atomic E-state index is 13.1. The number of nitrogens with zero attached hydrogens (tertiary/aromatic N) is 3. The highest BCUT2D eigenvalue weighted by atomic mass is 16.2. The van der Waals surface area contributed by atoms with Crippen molar-refractivity contribution < 1.29 is 4.79 Å². The Hall–Kier alpha value is -2.14. The lowest BCUT2D eigenvalue weighted by molar-refractivity contribution is 0.0703. The van der Waals surface area contributed by atoms with E-state index in [4.69, 9.17) is 5.73 Å². The quantitative estimate of drug-likeness (QED) is 0.942. The van der Waals surface area contributed by atoms with Crippen LogP contribution in [-0.4, -0.2) is 39.7 Å². The van der Waals surface area contributed by atoms with E-state index in [1.165, 1.54) is 12.0 Å². The van der Waals surface area contributed by atoms with Crippen LogP contribution >= 0.6 is 0 Å².